The molecule has 0 radical (unpaired) electrons. The van der Waals surface area contributed by atoms with Crippen molar-refractivity contribution < 1.29 is 14.6 Å². The first-order valence-electron chi connectivity index (χ1n) is 3.81. The van der Waals surface area contributed by atoms with E-state index >= 15 is 0 Å². The third-order valence-electron chi connectivity index (χ3n) is 1.70. The molecule has 11 heavy (non-hydrogen) atoms. The number of hydrogen-bond acceptors (Lipinski definition) is 2. The van der Waals surface area contributed by atoms with Crippen LogP contribution in [0.3, 0.4) is 0 Å². The molecular formula is C8H12O3. The van der Waals surface area contributed by atoms with Crippen molar-refractivity contribution in [3.05, 3.63) is 12.3 Å². The summed E-state index contributed by atoms with van der Waals surface area (Å²) >= 11 is 0. The predicted octanol–water partition coefficient (Wildman–Crippen LogP) is 1.54. The number of carboxylic acid groups (broad SMARTS) is 1. The maximum Gasteiger partial charge on any atom is 0.303 e. The Morgan fingerprint density at radius 1 is 1.73 bits per heavy atom. The van der Waals surface area contributed by atoms with Gasteiger partial charge >= 0.3 is 5.97 Å². The molecule has 0 aliphatic carbocycles. The lowest BCUT2D eigenvalue weighted by Gasteiger charge is -2.17. The van der Waals surface area contributed by atoms with Gasteiger partial charge < -0.3 is 9.84 Å². The molecule has 0 aromatic heterocycles. The van der Waals surface area contributed by atoms with Gasteiger partial charge in [0.2, 0.25) is 0 Å². The molecule has 0 spiro atoms. The summed E-state index contributed by atoms with van der Waals surface area (Å²) in [5, 5.41) is 8.37. The van der Waals surface area contributed by atoms with Crippen molar-refractivity contribution in [2.75, 3.05) is 0 Å². The van der Waals surface area contributed by atoms with Gasteiger partial charge in [0.05, 0.1) is 12.4 Å². The normalized spacial score (nSPS) is 22.7. The zero-order valence-electron chi connectivity index (χ0n) is 6.32. The predicted molar refractivity (Wildman–Crippen MR) is 40.1 cm³/mol. The van der Waals surface area contributed by atoms with Crippen LogP contribution >= 0.6 is 0 Å². The zero-order valence-corrected chi connectivity index (χ0v) is 6.32. The van der Waals surface area contributed by atoms with Gasteiger partial charge in [-0.3, -0.25) is 4.79 Å². The van der Waals surface area contributed by atoms with Crippen molar-refractivity contribution in [2.24, 2.45) is 0 Å². The molecule has 3 nitrogen and oxygen atoms in total. The molecule has 0 aromatic carbocycles. The van der Waals surface area contributed by atoms with Crippen LogP contribution < -0.4 is 0 Å². The molecule has 1 aliphatic rings. The summed E-state index contributed by atoms with van der Waals surface area (Å²) < 4.78 is 5.18. The maximum absolute atomic E-state index is 10.2. The minimum atomic E-state index is -0.747. The fraction of sp³-hybridized carbons (Fsp3) is 0.625. The van der Waals surface area contributed by atoms with E-state index in [0.717, 1.165) is 12.8 Å². The van der Waals surface area contributed by atoms with Crippen LogP contribution in [-0.2, 0) is 9.53 Å². The summed E-state index contributed by atoms with van der Waals surface area (Å²) in [5.41, 5.74) is 0. The standard InChI is InChI=1S/C8H12O3/c9-8(10)5-4-7-3-1-2-6-11-7/h2,6-7H,1,3-5H2,(H,9,10). The van der Waals surface area contributed by atoms with Crippen LogP contribution in [0, 0.1) is 0 Å². The first kappa shape index (κ1) is 8.11. The number of allylic oxidation sites excluding steroid dienone is 1. The van der Waals surface area contributed by atoms with Crippen LogP contribution in [0.25, 0.3) is 0 Å². The molecule has 1 aliphatic heterocycles. The van der Waals surface area contributed by atoms with E-state index < -0.39 is 5.97 Å². The number of carboxylic acids is 1. The van der Waals surface area contributed by atoms with Crippen LogP contribution in [0.2, 0.25) is 0 Å². The van der Waals surface area contributed by atoms with Gasteiger partial charge in [0, 0.05) is 6.42 Å². The highest BCUT2D eigenvalue weighted by Gasteiger charge is 2.11. The maximum atomic E-state index is 10.2. The zero-order chi connectivity index (χ0) is 8.10. The molecule has 0 saturated carbocycles. The first-order valence-corrected chi connectivity index (χ1v) is 3.81. The fourth-order valence-corrected chi connectivity index (χ4v) is 1.08. The number of hydrogen-bond donors (Lipinski definition) is 1. The minimum Gasteiger partial charge on any atom is -0.498 e. The summed E-state index contributed by atoms with van der Waals surface area (Å²) in [6.45, 7) is 0. The van der Waals surface area contributed by atoms with Gasteiger partial charge in [-0.1, -0.05) is 0 Å². The summed E-state index contributed by atoms with van der Waals surface area (Å²) in [4.78, 5) is 10.2. The lowest BCUT2D eigenvalue weighted by Crippen LogP contribution is -2.14. The van der Waals surface area contributed by atoms with E-state index in [4.69, 9.17) is 9.84 Å². The Morgan fingerprint density at radius 3 is 3.09 bits per heavy atom. The molecule has 62 valence electrons. The van der Waals surface area contributed by atoms with Gasteiger partial charge in [0.25, 0.3) is 0 Å². The second-order valence-corrected chi connectivity index (χ2v) is 2.64. The Morgan fingerprint density at radius 2 is 2.55 bits per heavy atom. The van der Waals surface area contributed by atoms with Gasteiger partial charge in [-0.15, -0.1) is 0 Å². The van der Waals surface area contributed by atoms with Crippen molar-refractivity contribution >= 4 is 5.97 Å². The molecule has 1 heterocycles. The monoisotopic (exact) mass is 156 g/mol. The number of aliphatic carboxylic acids is 1. The number of carbonyl (C=O) groups is 1. The lowest BCUT2D eigenvalue weighted by atomic mass is 10.1. The largest absolute Gasteiger partial charge is 0.498 e. The molecule has 1 N–H and O–H groups in total. The fourth-order valence-electron chi connectivity index (χ4n) is 1.08. The van der Waals surface area contributed by atoms with Crippen LogP contribution in [0.1, 0.15) is 25.7 Å². The molecule has 1 atom stereocenters. The van der Waals surface area contributed by atoms with Gasteiger partial charge in [-0.2, -0.15) is 0 Å². The summed E-state index contributed by atoms with van der Waals surface area (Å²) in [6, 6.07) is 0. The SMILES string of the molecule is O=C(O)CCC1CCC=CO1. The molecule has 3 heteroatoms. The summed E-state index contributed by atoms with van der Waals surface area (Å²) in [7, 11) is 0. The average Bonchev–Trinajstić information content (AvgIpc) is 2.03. The Balaban J connectivity index is 2.16. The molecule has 0 fully saturated rings. The topological polar surface area (TPSA) is 46.5 Å². The Kier molecular flexibility index (Phi) is 2.95. The highest BCUT2D eigenvalue weighted by Crippen LogP contribution is 2.14. The van der Waals surface area contributed by atoms with Crippen LogP contribution in [0.5, 0.6) is 0 Å². The molecule has 0 aromatic rings. The smallest absolute Gasteiger partial charge is 0.303 e. The van der Waals surface area contributed by atoms with E-state index in [1.165, 1.54) is 0 Å². The van der Waals surface area contributed by atoms with E-state index in [2.05, 4.69) is 0 Å². The molecule has 0 bridgehead atoms. The lowest BCUT2D eigenvalue weighted by molar-refractivity contribution is -0.137. The highest BCUT2D eigenvalue weighted by atomic mass is 16.5. The minimum absolute atomic E-state index is 0.121. The van der Waals surface area contributed by atoms with Crippen LogP contribution in [-0.4, -0.2) is 17.2 Å². The molecule has 1 rings (SSSR count). The van der Waals surface area contributed by atoms with Gasteiger partial charge in [-0.25, -0.2) is 0 Å². The highest BCUT2D eigenvalue weighted by molar-refractivity contribution is 5.66. The third kappa shape index (κ3) is 3.07. The van der Waals surface area contributed by atoms with Crippen LogP contribution in [0.15, 0.2) is 12.3 Å². The quantitative estimate of drug-likeness (QED) is 0.674. The molecule has 1 unspecified atom stereocenters. The van der Waals surface area contributed by atoms with E-state index in [1.807, 2.05) is 6.08 Å². The second-order valence-electron chi connectivity index (χ2n) is 2.64. The van der Waals surface area contributed by atoms with E-state index in [0.29, 0.717) is 6.42 Å². The van der Waals surface area contributed by atoms with E-state index in [9.17, 15) is 4.79 Å². The van der Waals surface area contributed by atoms with Crippen molar-refractivity contribution in [3.8, 4) is 0 Å². The Hall–Kier alpha value is -0.990. The van der Waals surface area contributed by atoms with Crippen LogP contribution in [0.4, 0.5) is 0 Å². The molecule has 0 saturated heterocycles. The summed E-state index contributed by atoms with van der Waals surface area (Å²) in [5.74, 6) is -0.747. The number of ether oxygens (including phenoxy) is 1. The second kappa shape index (κ2) is 4.01. The van der Waals surface area contributed by atoms with Crippen molar-refractivity contribution in [3.63, 3.8) is 0 Å². The average molecular weight is 156 g/mol. The van der Waals surface area contributed by atoms with E-state index in [-0.39, 0.29) is 12.5 Å². The van der Waals surface area contributed by atoms with Crippen molar-refractivity contribution in [2.45, 2.75) is 31.8 Å². The molecular weight excluding hydrogens is 144 g/mol. The van der Waals surface area contributed by atoms with Gasteiger partial charge in [0.15, 0.2) is 0 Å². The van der Waals surface area contributed by atoms with Gasteiger partial charge in [0.1, 0.15) is 0 Å². The van der Waals surface area contributed by atoms with E-state index in [1.54, 1.807) is 6.26 Å². The Bertz CT molecular complexity index is 163. The third-order valence-corrected chi connectivity index (χ3v) is 1.70. The van der Waals surface area contributed by atoms with Crippen molar-refractivity contribution in [1.29, 1.82) is 0 Å². The summed E-state index contributed by atoms with van der Waals surface area (Å²) in [6.07, 6.45) is 6.52. The number of rotatable bonds is 3. The van der Waals surface area contributed by atoms with Crippen molar-refractivity contribution in [1.82, 2.24) is 0 Å². The first-order chi connectivity index (χ1) is 5.29. The van der Waals surface area contributed by atoms with Gasteiger partial charge in [-0.05, 0) is 25.3 Å². The molecule has 0 amide bonds. The Labute approximate surface area is 65.7 Å².